The third kappa shape index (κ3) is 3.95. The Balaban J connectivity index is 1.70. The summed E-state index contributed by atoms with van der Waals surface area (Å²) >= 11 is 7.62. The normalized spacial score (nSPS) is 15.1. The summed E-state index contributed by atoms with van der Waals surface area (Å²) in [6.45, 7) is 9.65. The van der Waals surface area contributed by atoms with Crippen LogP contribution in [-0.4, -0.2) is 54.0 Å². The van der Waals surface area contributed by atoms with Crippen LogP contribution in [0.5, 0.6) is 0 Å². The van der Waals surface area contributed by atoms with Gasteiger partial charge in [0.25, 0.3) is 5.91 Å². The van der Waals surface area contributed by atoms with Crippen molar-refractivity contribution in [1.82, 2.24) is 14.9 Å². The number of benzene rings is 1. The smallest absolute Gasteiger partial charge is 0.266 e. The van der Waals surface area contributed by atoms with Crippen molar-refractivity contribution in [2.24, 2.45) is 0 Å². The number of aryl methyl sites for hydroxylation is 3. The molecule has 29 heavy (non-hydrogen) atoms. The van der Waals surface area contributed by atoms with Crippen LogP contribution in [0.15, 0.2) is 18.2 Å². The van der Waals surface area contributed by atoms with Crippen LogP contribution in [0.4, 0.5) is 11.5 Å². The second-order valence-electron chi connectivity index (χ2n) is 7.54. The monoisotopic (exact) mass is 429 g/mol. The van der Waals surface area contributed by atoms with Crippen LogP contribution in [0.2, 0.25) is 5.02 Å². The van der Waals surface area contributed by atoms with Crippen LogP contribution in [0.3, 0.4) is 0 Å². The molecule has 0 saturated carbocycles. The number of piperazine rings is 1. The van der Waals surface area contributed by atoms with E-state index in [0.29, 0.717) is 15.6 Å². The van der Waals surface area contributed by atoms with E-state index in [4.69, 9.17) is 16.6 Å². The summed E-state index contributed by atoms with van der Waals surface area (Å²) in [6, 6.07) is 5.54. The Bertz CT molecular complexity index is 1090. The Labute approximate surface area is 179 Å². The molecule has 1 aliphatic heterocycles. The number of anilines is 2. The highest BCUT2D eigenvalue weighted by atomic mass is 35.5. The first-order valence-corrected chi connectivity index (χ1v) is 10.8. The standard InChI is InChI=1S/C21H24ClN5OS/c1-12-5-6-15(11-16(12)22)25-20(28)18-13(2)17-19(23-14(3)24-21(17)29-18)27-9-7-26(4)8-10-27/h5-6,11H,7-10H2,1-4H3,(H,25,28). The Morgan fingerprint density at radius 2 is 1.86 bits per heavy atom. The number of carbonyl (C=O) groups excluding carboxylic acids is 1. The summed E-state index contributed by atoms with van der Waals surface area (Å²) in [6.07, 6.45) is 0. The van der Waals surface area contributed by atoms with E-state index in [1.807, 2.05) is 32.9 Å². The van der Waals surface area contributed by atoms with Crippen molar-refractivity contribution in [3.8, 4) is 0 Å². The Morgan fingerprint density at radius 1 is 1.14 bits per heavy atom. The lowest BCUT2D eigenvalue weighted by Gasteiger charge is -2.33. The molecule has 1 fully saturated rings. The highest BCUT2D eigenvalue weighted by Crippen LogP contribution is 2.36. The van der Waals surface area contributed by atoms with E-state index in [9.17, 15) is 4.79 Å². The number of thiophene rings is 1. The number of hydrogen-bond donors (Lipinski definition) is 1. The van der Waals surface area contributed by atoms with Gasteiger partial charge < -0.3 is 15.1 Å². The maximum absolute atomic E-state index is 13.0. The highest BCUT2D eigenvalue weighted by Gasteiger charge is 2.24. The number of fused-ring (bicyclic) bond motifs is 1. The summed E-state index contributed by atoms with van der Waals surface area (Å²) < 4.78 is 0. The molecular formula is C21H24ClN5OS. The summed E-state index contributed by atoms with van der Waals surface area (Å²) in [5.74, 6) is 1.52. The van der Waals surface area contributed by atoms with Crippen LogP contribution in [0.25, 0.3) is 10.2 Å². The van der Waals surface area contributed by atoms with Crippen molar-refractivity contribution in [3.05, 3.63) is 45.1 Å². The molecular weight excluding hydrogens is 406 g/mol. The van der Waals surface area contributed by atoms with Gasteiger partial charge in [0.2, 0.25) is 0 Å². The van der Waals surface area contributed by atoms with Gasteiger partial charge in [-0.2, -0.15) is 0 Å². The third-order valence-corrected chi connectivity index (χ3v) is 6.91. The number of nitrogens with zero attached hydrogens (tertiary/aromatic N) is 4. The molecule has 1 aliphatic rings. The van der Waals surface area contributed by atoms with Gasteiger partial charge in [0.15, 0.2) is 0 Å². The van der Waals surface area contributed by atoms with Crippen molar-refractivity contribution in [1.29, 1.82) is 0 Å². The maximum atomic E-state index is 13.0. The molecule has 0 radical (unpaired) electrons. The van der Waals surface area contributed by atoms with Crippen molar-refractivity contribution in [2.75, 3.05) is 43.4 Å². The quantitative estimate of drug-likeness (QED) is 0.673. The number of likely N-dealkylation sites (N-methyl/N-ethyl adjacent to an activating group) is 1. The van der Waals surface area contributed by atoms with Gasteiger partial charge in [0, 0.05) is 36.9 Å². The molecule has 1 aromatic carbocycles. The van der Waals surface area contributed by atoms with E-state index in [1.54, 1.807) is 6.07 Å². The largest absolute Gasteiger partial charge is 0.353 e. The summed E-state index contributed by atoms with van der Waals surface area (Å²) in [5.41, 5.74) is 2.59. The topological polar surface area (TPSA) is 61.4 Å². The SMILES string of the molecule is Cc1nc(N2CCN(C)CC2)c2c(C)c(C(=O)Nc3ccc(C)c(Cl)c3)sc2n1. The van der Waals surface area contributed by atoms with Crippen molar-refractivity contribution in [3.63, 3.8) is 0 Å². The fourth-order valence-electron chi connectivity index (χ4n) is 3.54. The summed E-state index contributed by atoms with van der Waals surface area (Å²) in [5, 5.41) is 4.58. The molecule has 152 valence electrons. The van der Waals surface area contributed by atoms with Crippen LogP contribution in [-0.2, 0) is 0 Å². The van der Waals surface area contributed by atoms with Gasteiger partial charge in [-0.05, 0) is 51.1 Å². The predicted molar refractivity (Wildman–Crippen MR) is 121 cm³/mol. The molecule has 6 nitrogen and oxygen atoms in total. The van der Waals surface area contributed by atoms with Gasteiger partial charge >= 0.3 is 0 Å². The maximum Gasteiger partial charge on any atom is 0.266 e. The molecule has 2 aromatic heterocycles. The average molecular weight is 430 g/mol. The van der Waals surface area contributed by atoms with Crippen LogP contribution >= 0.6 is 22.9 Å². The van der Waals surface area contributed by atoms with Crippen LogP contribution < -0.4 is 10.2 Å². The lowest BCUT2D eigenvalue weighted by Crippen LogP contribution is -2.45. The second kappa shape index (κ2) is 7.89. The third-order valence-electron chi connectivity index (χ3n) is 5.32. The molecule has 8 heteroatoms. The number of hydrogen-bond acceptors (Lipinski definition) is 6. The lowest BCUT2D eigenvalue weighted by molar-refractivity contribution is 0.103. The highest BCUT2D eigenvalue weighted by molar-refractivity contribution is 7.20. The molecule has 3 heterocycles. The second-order valence-corrected chi connectivity index (χ2v) is 8.95. The van der Waals surface area contributed by atoms with Crippen LogP contribution in [0.1, 0.15) is 26.6 Å². The minimum atomic E-state index is -0.146. The van der Waals surface area contributed by atoms with E-state index in [2.05, 4.69) is 27.1 Å². The first-order valence-electron chi connectivity index (χ1n) is 9.62. The fourth-order valence-corrected chi connectivity index (χ4v) is 4.84. The molecule has 0 unspecified atom stereocenters. The summed E-state index contributed by atoms with van der Waals surface area (Å²) in [4.78, 5) is 28.5. The Kier molecular flexibility index (Phi) is 5.46. The molecule has 1 saturated heterocycles. The number of amides is 1. The minimum absolute atomic E-state index is 0.146. The zero-order valence-corrected chi connectivity index (χ0v) is 18.6. The van der Waals surface area contributed by atoms with E-state index in [0.717, 1.165) is 59.2 Å². The van der Waals surface area contributed by atoms with E-state index in [1.165, 1.54) is 11.3 Å². The number of rotatable bonds is 3. The molecule has 0 atom stereocenters. The molecule has 4 rings (SSSR count). The minimum Gasteiger partial charge on any atom is -0.353 e. The van der Waals surface area contributed by atoms with Gasteiger partial charge in [0.05, 0.1) is 10.3 Å². The number of aromatic nitrogens is 2. The van der Waals surface area contributed by atoms with Gasteiger partial charge in [0.1, 0.15) is 16.5 Å². The van der Waals surface area contributed by atoms with Crippen LogP contribution in [0, 0.1) is 20.8 Å². The Hall–Kier alpha value is -2.22. The first kappa shape index (κ1) is 20.1. The molecule has 3 aromatic rings. The lowest BCUT2D eigenvalue weighted by atomic mass is 10.1. The fraction of sp³-hybridized carbons (Fsp3) is 0.381. The molecule has 1 N–H and O–H groups in total. The predicted octanol–water partition coefficient (Wildman–Crippen LogP) is 4.27. The summed E-state index contributed by atoms with van der Waals surface area (Å²) in [7, 11) is 2.13. The zero-order valence-electron chi connectivity index (χ0n) is 17.0. The van der Waals surface area contributed by atoms with Crippen molar-refractivity contribution < 1.29 is 4.79 Å². The first-order chi connectivity index (χ1) is 13.8. The molecule has 0 spiro atoms. The van der Waals surface area contributed by atoms with Gasteiger partial charge in [-0.25, -0.2) is 9.97 Å². The van der Waals surface area contributed by atoms with E-state index < -0.39 is 0 Å². The Morgan fingerprint density at radius 3 is 2.55 bits per heavy atom. The van der Waals surface area contributed by atoms with E-state index >= 15 is 0 Å². The van der Waals surface area contributed by atoms with E-state index in [-0.39, 0.29) is 5.91 Å². The molecule has 0 aliphatic carbocycles. The molecule has 0 bridgehead atoms. The molecule has 1 amide bonds. The van der Waals surface area contributed by atoms with Crippen molar-refractivity contribution >= 4 is 50.6 Å². The van der Waals surface area contributed by atoms with Gasteiger partial charge in [-0.3, -0.25) is 4.79 Å². The number of halogens is 1. The van der Waals surface area contributed by atoms with Crippen molar-refractivity contribution in [2.45, 2.75) is 20.8 Å². The number of nitrogens with one attached hydrogen (secondary N) is 1. The zero-order chi connectivity index (χ0) is 20.7. The van der Waals surface area contributed by atoms with Gasteiger partial charge in [-0.1, -0.05) is 17.7 Å². The number of carbonyl (C=O) groups is 1. The van der Waals surface area contributed by atoms with Gasteiger partial charge in [-0.15, -0.1) is 11.3 Å². The average Bonchev–Trinajstić information content (AvgIpc) is 3.01.